The molecule has 4 nitrogen and oxygen atoms in total. The molecule has 4 aromatic rings. The Morgan fingerprint density at radius 3 is 2.66 bits per heavy atom. The number of carbonyl (C=O) groups excluding carboxylic acids is 1. The zero-order valence-electron chi connectivity index (χ0n) is 15.0. The standard InChI is InChI=1S/C21H13Br2ClN2O2S/c1-28-19-14(8-11(22)9-15(19)23)20(27)25-12-6-7-13(16(24)10-12)21-26-17-4-2-3-5-18(17)29-21/h2-10H,1H3,(H,25,27). The van der Waals surface area contributed by atoms with Gasteiger partial charge >= 0.3 is 0 Å². The Balaban J connectivity index is 1.63. The van der Waals surface area contributed by atoms with Crippen LogP contribution in [0.5, 0.6) is 5.75 Å². The minimum Gasteiger partial charge on any atom is -0.495 e. The molecule has 3 aromatic carbocycles. The van der Waals surface area contributed by atoms with Crippen LogP contribution in [0.3, 0.4) is 0 Å². The van der Waals surface area contributed by atoms with Crippen molar-refractivity contribution in [2.45, 2.75) is 0 Å². The Morgan fingerprint density at radius 1 is 1.14 bits per heavy atom. The number of fused-ring (bicyclic) bond motifs is 1. The van der Waals surface area contributed by atoms with Crippen LogP contribution in [0.15, 0.2) is 63.5 Å². The molecule has 8 heteroatoms. The van der Waals surface area contributed by atoms with E-state index in [0.717, 1.165) is 25.3 Å². The second kappa shape index (κ2) is 8.44. The van der Waals surface area contributed by atoms with Gasteiger partial charge in [-0.05, 0) is 58.4 Å². The van der Waals surface area contributed by atoms with E-state index in [-0.39, 0.29) is 5.91 Å². The van der Waals surface area contributed by atoms with Crippen molar-refractivity contribution in [2.75, 3.05) is 12.4 Å². The second-order valence-electron chi connectivity index (χ2n) is 6.10. The number of hydrogen-bond acceptors (Lipinski definition) is 4. The first-order valence-electron chi connectivity index (χ1n) is 8.46. The number of hydrogen-bond donors (Lipinski definition) is 1. The number of rotatable bonds is 4. The van der Waals surface area contributed by atoms with Gasteiger partial charge in [0.15, 0.2) is 0 Å². The number of nitrogens with one attached hydrogen (secondary N) is 1. The molecule has 0 fully saturated rings. The first kappa shape index (κ1) is 20.3. The molecule has 0 unspecified atom stereocenters. The van der Waals surface area contributed by atoms with E-state index in [1.54, 1.807) is 23.5 Å². The number of amides is 1. The SMILES string of the molecule is COc1c(Br)cc(Br)cc1C(=O)Nc1ccc(-c2nc3ccccc3s2)c(Cl)c1. The maximum absolute atomic E-state index is 12.8. The maximum Gasteiger partial charge on any atom is 0.259 e. The van der Waals surface area contributed by atoms with E-state index in [4.69, 9.17) is 16.3 Å². The molecule has 0 saturated heterocycles. The number of thiazole rings is 1. The quantitative estimate of drug-likeness (QED) is 0.287. The summed E-state index contributed by atoms with van der Waals surface area (Å²) < 4.78 is 7.91. The molecule has 0 atom stereocenters. The lowest BCUT2D eigenvalue weighted by atomic mass is 10.1. The fourth-order valence-electron chi connectivity index (χ4n) is 2.89. The Hall–Kier alpha value is -1.93. The van der Waals surface area contributed by atoms with Crippen molar-refractivity contribution in [2.24, 2.45) is 0 Å². The molecule has 1 aromatic heterocycles. The van der Waals surface area contributed by atoms with Crippen molar-refractivity contribution in [1.82, 2.24) is 4.98 Å². The van der Waals surface area contributed by atoms with Crippen LogP contribution < -0.4 is 10.1 Å². The number of halogens is 3. The highest BCUT2D eigenvalue weighted by Gasteiger charge is 2.17. The summed E-state index contributed by atoms with van der Waals surface area (Å²) in [5, 5.41) is 4.23. The van der Waals surface area contributed by atoms with E-state index in [1.807, 2.05) is 42.5 Å². The van der Waals surface area contributed by atoms with Crippen molar-refractivity contribution in [3.05, 3.63) is 74.1 Å². The van der Waals surface area contributed by atoms with E-state index in [2.05, 4.69) is 42.2 Å². The van der Waals surface area contributed by atoms with Gasteiger partial charge in [0.05, 0.1) is 32.4 Å². The predicted molar refractivity (Wildman–Crippen MR) is 126 cm³/mol. The topological polar surface area (TPSA) is 51.2 Å². The van der Waals surface area contributed by atoms with Crippen LogP contribution in [0.25, 0.3) is 20.8 Å². The summed E-state index contributed by atoms with van der Waals surface area (Å²) in [4.78, 5) is 17.4. The molecule has 1 N–H and O–H groups in total. The number of para-hydroxylation sites is 1. The normalized spacial score (nSPS) is 10.9. The molecule has 0 radical (unpaired) electrons. The number of anilines is 1. The minimum atomic E-state index is -0.298. The molecule has 0 aliphatic heterocycles. The number of benzene rings is 3. The molecule has 0 aliphatic carbocycles. The van der Waals surface area contributed by atoms with Crippen molar-refractivity contribution in [3.63, 3.8) is 0 Å². The van der Waals surface area contributed by atoms with Crippen LogP contribution in [0, 0.1) is 0 Å². The molecule has 0 spiro atoms. The molecular weight excluding hydrogens is 540 g/mol. The number of ether oxygens (including phenoxy) is 1. The first-order chi connectivity index (χ1) is 14.0. The van der Waals surface area contributed by atoms with Crippen molar-refractivity contribution >= 4 is 76.6 Å². The zero-order chi connectivity index (χ0) is 20.5. The van der Waals surface area contributed by atoms with Crippen LogP contribution in [0.1, 0.15) is 10.4 Å². The van der Waals surface area contributed by atoms with E-state index >= 15 is 0 Å². The van der Waals surface area contributed by atoms with Gasteiger partial charge in [0.1, 0.15) is 10.8 Å². The van der Waals surface area contributed by atoms with Gasteiger partial charge in [0, 0.05) is 15.7 Å². The minimum absolute atomic E-state index is 0.298. The largest absolute Gasteiger partial charge is 0.495 e. The molecule has 1 heterocycles. The summed E-state index contributed by atoms with van der Waals surface area (Å²) in [7, 11) is 1.52. The number of aromatic nitrogens is 1. The molecule has 0 aliphatic rings. The lowest BCUT2D eigenvalue weighted by Gasteiger charge is -2.12. The van der Waals surface area contributed by atoms with Gasteiger partial charge in [-0.3, -0.25) is 4.79 Å². The first-order valence-corrected chi connectivity index (χ1v) is 11.2. The zero-order valence-corrected chi connectivity index (χ0v) is 19.7. The molecule has 0 bridgehead atoms. The summed E-state index contributed by atoms with van der Waals surface area (Å²) in [6.45, 7) is 0. The van der Waals surface area contributed by atoms with Gasteiger partial charge in [-0.25, -0.2) is 4.98 Å². The van der Waals surface area contributed by atoms with Crippen LogP contribution >= 0.6 is 54.8 Å². The molecule has 29 heavy (non-hydrogen) atoms. The lowest BCUT2D eigenvalue weighted by molar-refractivity contribution is 0.102. The van der Waals surface area contributed by atoms with E-state index in [0.29, 0.717) is 26.5 Å². The number of nitrogens with zero attached hydrogens (tertiary/aromatic N) is 1. The van der Waals surface area contributed by atoms with Crippen LogP contribution in [0.2, 0.25) is 5.02 Å². The van der Waals surface area contributed by atoms with E-state index in [1.165, 1.54) is 7.11 Å². The van der Waals surface area contributed by atoms with Crippen LogP contribution in [-0.4, -0.2) is 18.0 Å². The lowest BCUT2D eigenvalue weighted by Crippen LogP contribution is -2.13. The smallest absolute Gasteiger partial charge is 0.259 e. The van der Waals surface area contributed by atoms with Gasteiger partial charge in [-0.2, -0.15) is 0 Å². The molecule has 0 saturated carbocycles. The maximum atomic E-state index is 12.8. The summed E-state index contributed by atoms with van der Waals surface area (Å²) in [5.74, 6) is 0.163. The highest BCUT2D eigenvalue weighted by Crippen LogP contribution is 2.36. The Labute approximate surface area is 193 Å². The molecule has 1 amide bonds. The van der Waals surface area contributed by atoms with Crippen LogP contribution in [-0.2, 0) is 0 Å². The number of carbonyl (C=O) groups is 1. The number of methoxy groups -OCH3 is 1. The second-order valence-corrected chi connectivity index (χ2v) is 9.31. The van der Waals surface area contributed by atoms with Gasteiger partial charge in [-0.1, -0.05) is 39.7 Å². The third-order valence-corrected chi connectivity index (χ3v) is 6.64. The molecular formula is C21H13Br2ClN2O2S. The molecule has 146 valence electrons. The third kappa shape index (κ3) is 4.19. The average Bonchev–Trinajstić information content (AvgIpc) is 3.11. The van der Waals surface area contributed by atoms with Gasteiger partial charge in [0.2, 0.25) is 0 Å². The van der Waals surface area contributed by atoms with Gasteiger partial charge in [0.25, 0.3) is 5.91 Å². The van der Waals surface area contributed by atoms with Crippen molar-refractivity contribution < 1.29 is 9.53 Å². The summed E-state index contributed by atoms with van der Waals surface area (Å²) in [6, 6.07) is 16.9. The van der Waals surface area contributed by atoms with Crippen molar-refractivity contribution in [3.8, 4) is 16.3 Å². The Bertz CT molecular complexity index is 1210. The monoisotopic (exact) mass is 550 g/mol. The average molecular weight is 553 g/mol. The Kier molecular flexibility index (Phi) is 5.92. The third-order valence-electron chi connectivity index (χ3n) is 4.21. The van der Waals surface area contributed by atoms with E-state index < -0.39 is 0 Å². The fourth-order valence-corrected chi connectivity index (χ4v) is 5.61. The van der Waals surface area contributed by atoms with Gasteiger partial charge < -0.3 is 10.1 Å². The van der Waals surface area contributed by atoms with E-state index in [9.17, 15) is 4.79 Å². The summed E-state index contributed by atoms with van der Waals surface area (Å²) >= 11 is 14.9. The van der Waals surface area contributed by atoms with Crippen molar-refractivity contribution in [1.29, 1.82) is 0 Å². The molecule has 4 rings (SSSR count). The van der Waals surface area contributed by atoms with Crippen LogP contribution in [0.4, 0.5) is 5.69 Å². The fraction of sp³-hybridized carbons (Fsp3) is 0.0476. The predicted octanol–water partition coefficient (Wildman–Crippen LogP) is 7.40. The Morgan fingerprint density at radius 2 is 1.93 bits per heavy atom. The van der Waals surface area contributed by atoms with Gasteiger partial charge in [-0.15, -0.1) is 11.3 Å². The highest BCUT2D eigenvalue weighted by atomic mass is 79.9. The summed E-state index contributed by atoms with van der Waals surface area (Å²) in [6.07, 6.45) is 0. The summed E-state index contributed by atoms with van der Waals surface area (Å²) in [5.41, 5.74) is 2.75. The highest BCUT2D eigenvalue weighted by molar-refractivity contribution is 9.11.